The number of piperidine rings is 1. The zero-order valence-corrected chi connectivity index (χ0v) is 14.0. The maximum Gasteiger partial charge on any atom is 0.225 e. The smallest absolute Gasteiger partial charge is 0.225 e. The third-order valence-corrected chi connectivity index (χ3v) is 3.38. The summed E-state index contributed by atoms with van der Waals surface area (Å²) in [5.74, 6) is -0.0144. The molecule has 21 heavy (non-hydrogen) atoms. The van der Waals surface area contributed by atoms with Gasteiger partial charge in [0.25, 0.3) is 0 Å². The molecule has 1 unspecified atom stereocenters. The van der Waals surface area contributed by atoms with Crippen LogP contribution < -0.4 is 16.0 Å². The van der Waals surface area contributed by atoms with Gasteiger partial charge in [-0.25, -0.2) is 0 Å². The van der Waals surface area contributed by atoms with Crippen molar-refractivity contribution in [3.63, 3.8) is 0 Å². The van der Waals surface area contributed by atoms with Gasteiger partial charge < -0.3 is 16.0 Å². The Kier molecular flexibility index (Phi) is 9.42. The Morgan fingerprint density at radius 2 is 1.86 bits per heavy atom. The Balaban J connectivity index is 0.00000200. The van der Waals surface area contributed by atoms with E-state index in [9.17, 15) is 4.79 Å². The quantitative estimate of drug-likeness (QED) is 0.889. The molecule has 120 valence electrons. The SMILES string of the molecule is CC(N)CC(=O)Nc1ccccc1N1CCCCC1.Cl.Cl. The molecule has 0 spiro atoms. The average molecular weight is 334 g/mol. The molecule has 1 amide bonds. The molecule has 0 radical (unpaired) electrons. The zero-order valence-electron chi connectivity index (χ0n) is 12.4. The largest absolute Gasteiger partial charge is 0.370 e. The number of amides is 1. The molecule has 1 atom stereocenters. The van der Waals surface area contributed by atoms with Crippen LogP contribution in [0, 0.1) is 0 Å². The summed E-state index contributed by atoms with van der Waals surface area (Å²) in [5, 5.41) is 2.98. The molecule has 0 saturated carbocycles. The van der Waals surface area contributed by atoms with Gasteiger partial charge >= 0.3 is 0 Å². The van der Waals surface area contributed by atoms with Crippen LogP contribution in [0.1, 0.15) is 32.6 Å². The lowest BCUT2D eigenvalue weighted by atomic mass is 10.1. The maximum absolute atomic E-state index is 11.8. The molecule has 1 fully saturated rings. The van der Waals surface area contributed by atoms with E-state index in [2.05, 4.69) is 16.3 Å². The van der Waals surface area contributed by atoms with Crippen LogP contribution >= 0.6 is 24.8 Å². The third-order valence-electron chi connectivity index (χ3n) is 3.38. The van der Waals surface area contributed by atoms with E-state index in [1.807, 2.05) is 25.1 Å². The number of nitrogens with two attached hydrogens (primary N) is 1. The van der Waals surface area contributed by atoms with Gasteiger partial charge in [-0.1, -0.05) is 12.1 Å². The van der Waals surface area contributed by atoms with E-state index in [4.69, 9.17) is 5.73 Å². The maximum atomic E-state index is 11.8. The van der Waals surface area contributed by atoms with Gasteiger partial charge in [0.15, 0.2) is 0 Å². The molecule has 1 aliphatic rings. The summed E-state index contributed by atoms with van der Waals surface area (Å²) in [4.78, 5) is 14.2. The third kappa shape index (κ3) is 6.12. The highest BCUT2D eigenvalue weighted by Gasteiger charge is 2.15. The molecule has 0 bridgehead atoms. The van der Waals surface area contributed by atoms with Crippen molar-refractivity contribution < 1.29 is 4.79 Å². The van der Waals surface area contributed by atoms with E-state index in [0.717, 1.165) is 24.5 Å². The Labute approximate surface area is 139 Å². The highest BCUT2D eigenvalue weighted by molar-refractivity contribution is 5.94. The molecule has 3 N–H and O–H groups in total. The van der Waals surface area contributed by atoms with Crippen molar-refractivity contribution in [1.82, 2.24) is 0 Å². The summed E-state index contributed by atoms with van der Waals surface area (Å²) in [6, 6.07) is 7.90. The lowest BCUT2D eigenvalue weighted by molar-refractivity contribution is -0.116. The molecule has 2 rings (SSSR count). The van der Waals surface area contributed by atoms with Crippen molar-refractivity contribution in [1.29, 1.82) is 0 Å². The number of carbonyl (C=O) groups is 1. The standard InChI is InChI=1S/C15H23N3O.2ClH/c1-12(16)11-15(19)17-13-7-3-4-8-14(13)18-9-5-2-6-10-18;;/h3-4,7-8,12H,2,5-6,9-11,16H2,1H3,(H,17,19);2*1H. The summed E-state index contributed by atoms with van der Waals surface area (Å²) < 4.78 is 0. The molecule has 4 nitrogen and oxygen atoms in total. The Hall–Kier alpha value is -0.970. The number of hydrogen-bond acceptors (Lipinski definition) is 3. The average Bonchev–Trinajstić information content (AvgIpc) is 2.39. The van der Waals surface area contributed by atoms with Crippen molar-refractivity contribution in [3.8, 4) is 0 Å². The lowest BCUT2D eigenvalue weighted by Crippen LogP contribution is -2.31. The first-order chi connectivity index (χ1) is 9.16. The monoisotopic (exact) mass is 333 g/mol. The number of nitrogens with one attached hydrogen (secondary N) is 1. The van der Waals surface area contributed by atoms with E-state index in [1.165, 1.54) is 19.3 Å². The van der Waals surface area contributed by atoms with Crippen molar-refractivity contribution in [2.45, 2.75) is 38.6 Å². The minimum absolute atomic E-state index is 0. The molecular formula is C15H25Cl2N3O. The molecule has 1 heterocycles. The first-order valence-electron chi connectivity index (χ1n) is 7.06. The van der Waals surface area contributed by atoms with Gasteiger partial charge in [0.1, 0.15) is 0 Å². The molecule has 0 aromatic heterocycles. The van der Waals surface area contributed by atoms with Gasteiger partial charge in [-0.15, -0.1) is 24.8 Å². The molecule has 0 aliphatic carbocycles. The van der Waals surface area contributed by atoms with Crippen LogP contribution in [0.5, 0.6) is 0 Å². The van der Waals surface area contributed by atoms with E-state index >= 15 is 0 Å². The van der Waals surface area contributed by atoms with Gasteiger partial charge in [0.05, 0.1) is 11.4 Å². The molecule has 6 heteroatoms. The second-order valence-corrected chi connectivity index (χ2v) is 5.29. The van der Waals surface area contributed by atoms with E-state index in [0.29, 0.717) is 6.42 Å². The minimum atomic E-state index is -0.109. The fraction of sp³-hybridized carbons (Fsp3) is 0.533. The number of halogens is 2. The summed E-state index contributed by atoms with van der Waals surface area (Å²) in [6.45, 7) is 3.98. The Bertz CT molecular complexity index is 435. The molecular weight excluding hydrogens is 309 g/mol. The topological polar surface area (TPSA) is 58.4 Å². The van der Waals surface area contributed by atoms with Gasteiger partial charge in [0.2, 0.25) is 5.91 Å². The zero-order chi connectivity index (χ0) is 13.7. The number of benzene rings is 1. The van der Waals surface area contributed by atoms with Crippen LogP contribution in [0.3, 0.4) is 0 Å². The highest BCUT2D eigenvalue weighted by Crippen LogP contribution is 2.28. The van der Waals surface area contributed by atoms with Gasteiger partial charge in [0, 0.05) is 25.6 Å². The van der Waals surface area contributed by atoms with E-state index < -0.39 is 0 Å². The van der Waals surface area contributed by atoms with Crippen molar-refractivity contribution in [2.75, 3.05) is 23.3 Å². The minimum Gasteiger partial charge on any atom is -0.370 e. The second kappa shape index (κ2) is 9.87. The summed E-state index contributed by atoms with van der Waals surface area (Å²) >= 11 is 0. The number of anilines is 2. The summed E-state index contributed by atoms with van der Waals surface area (Å²) in [5.41, 5.74) is 7.68. The van der Waals surface area contributed by atoms with Crippen LogP contribution in [0.25, 0.3) is 0 Å². The highest BCUT2D eigenvalue weighted by atomic mass is 35.5. The number of carbonyl (C=O) groups excluding carboxylic acids is 1. The predicted molar refractivity (Wildman–Crippen MR) is 93.9 cm³/mol. The van der Waals surface area contributed by atoms with Crippen LogP contribution in [0.2, 0.25) is 0 Å². The summed E-state index contributed by atoms with van der Waals surface area (Å²) in [7, 11) is 0. The van der Waals surface area contributed by atoms with Crippen molar-refractivity contribution in [2.24, 2.45) is 5.73 Å². The Morgan fingerprint density at radius 1 is 1.24 bits per heavy atom. The number of para-hydroxylation sites is 2. The van der Waals surface area contributed by atoms with Crippen LogP contribution in [0.4, 0.5) is 11.4 Å². The lowest BCUT2D eigenvalue weighted by Gasteiger charge is -2.30. The normalized spacial score (nSPS) is 15.4. The first kappa shape index (κ1) is 20.0. The number of hydrogen-bond donors (Lipinski definition) is 2. The molecule has 1 saturated heterocycles. The number of rotatable bonds is 4. The van der Waals surface area contributed by atoms with E-state index in [-0.39, 0.29) is 36.8 Å². The van der Waals surface area contributed by atoms with Gasteiger partial charge in [-0.3, -0.25) is 4.79 Å². The van der Waals surface area contributed by atoms with Gasteiger partial charge in [-0.05, 0) is 38.3 Å². The summed E-state index contributed by atoms with van der Waals surface area (Å²) in [6.07, 6.45) is 4.11. The van der Waals surface area contributed by atoms with E-state index in [1.54, 1.807) is 0 Å². The second-order valence-electron chi connectivity index (χ2n) is 5.29. The fourth-order valence-electron chi connectivity index (χ4n) is 2.48. The first-order valence-corrected chi connectivity index (χ1v) is 7.06. The van der Waals surface area contributed by atoms with Crippen LogP contribution in [0.15, 0.2) is 24.3 Å². The van der Waals surface area contributed by atoms with Gasteiger partial charge in [-0.2, -0.15) is 0 Å². The van der Waals surface area contributed by atoms with Crippen LogP contribution in [-0.4, -0.2) is 25.0 Å². The fourth-order valence-corrected chi connectivity index (χ4v) is 2.48. The molecule has 1 aromatic rings. The van der Waals surface area contributed by atoms with Crippen molar-refractivity contribution in [3.05, 3.63) is 24.3 Å². The molecule has 1 aromatic carbocycles. The number of nitrogens with zero attached hydrogens (tertiary/aromatic N) is 1. The Morgan fingerprint density at radius 3 is 2.48 bits per heavy atom. The predicted octanol–water partition coefficient (Wildman–Crippen LogP) is 3.20. The van der Waals surface area contributed by atoms with Crippen LogP contribution in [-0.2, 0) is 4.79 Å². The van der Waals surface area contributed by atoms with Crippen molar-refractivity contribution >= 4 is 42.1 Å². The molecule has 1 aliphatic heterocycles.